The predicted octanol–water partition coefficient (Wildman–Crippen LogP) is -1.72. The molecule has 1 aromatic rings. The first-order chi connectivity index (χ1) is 17.3. The van der Waals surface area contributed by atoms with Gasteiger partial charge in [-0.2, -0.15) is 0 Å². The van der Waals surface area contributed by atoms with Crippen molar-refractivity contribution in [2.45, 2.75) is 70.1 Å². The van der Waals surface area contributed by atoms with Gasteiger partial charge in [-0.05, 0) is 30.7 Å². The maximum Gasteiger partial charge on any atom is 0.326 e. The van der Waals surface area contributed by atoms with Crippen LogP contribution >= 0.6 is 0 Å². The summed E-state index contributed by atoms with van der Waals surface area (Å²) in [7, 11) is 0. The van der Waals surface area contributed by atoms with Gasteiger partial charge in [0.1, 0.15) is 18.1 Å². The number of primary amides is 2. The van der Waals surface area contributed by atoms with Gasteiger partial charge >= 0.3 is 5.97 Å². The Morgan fingerprint density at radius 2 is 1.24 bits per heavy atom. The lowest BCUT2D eigenvalue weighted by atomic mass is 10.0. The van der Waals surface area contributed by atoms with Crippen LogP contribution in [0, 0.1) is 5.92 Å². The van der Waals surface area contributed by atoms with E-state index in [9.17, 15) is 33.9 Å². The molecule has 4 atom stereocenters. The molecule has 37 heavy (non-hydrogen) atoms. The Bertz CT molecular complexity index is 970. The van der Waals surface area contributed by atoms with Crippen molar-refractivity contribution in [3.8, 4) is 0 Å². The van der Waals surface area contributed by atoms with Gasteiger partial charge in [0, 0.05) is 12.8 Å². The van der Waals surface area contributed by atoms with Crippen molar-refractivity contribution < 1.29 is 33.9 Å². The lowest BCUT2D eigenvalue weighted by molar-refractivity contribution is -0.143. The Hall–Kier alpha value is -4.00. The number of rotatable bonds is 16. The summed E-state index contributed by atoms with van der Waals surface area (Å²) in [6.07, 6.45) is -0.747. The third kappa shape index (κ3) is 11.5. The van der Waals surface area contributed by atoms with E-state index in [0.29, 0.717) is 0 Å². The number of carboxylic acids is 1. The van der Waals surface area contributed by atoms with Crippen molar-refractivity contribution in [3.05, 3.63) is 35.9 Å². The average Bonchev–Trinajstić information content (AvgIpc) is 2.82. The molecule has 13 nitrogen and oxygen atoms in total. The number of hydrogen-bond donors (Lipinski definition) is 7. The van der Waals surface area contributed by atoms with Crippen LogP contribution < -0.4 is 33.2 Å². The molecular weight excluding hydrogens is 484 g/mol. The molecule has 10 N–H and O–H groups in total. The minimum atomic E-state index is -1.34. The maximum atomic E-state index is 13.1. The van der Waals surface area contributed by atoms with Crippen LogP contribution in [0.3, 0.4) is 0 Å². The monoisotopic (exact) mass is 520 g/mol. The number of nitrogens with one attached hydrogen (secondary N) is 3. The molecule has 0 aliphatic carbocycles. The molecule has 0 heterocycles. The van der Waals surface area contributed by atoms with Gasteiger partial charge in [0.25, 0.3) is 0 Å². The predicted molar refractivity (Wildman–Crippen MR) is 133 cm³/mol. The summed E-state index contributed by atoms with van der Waals surface area (Å²) >= 11 is 0. The van der Waals surface area contributed by atoms with Gasteiger partial charge < -0.3 is 38.3 Å². The van der Waals surface area contributed by atoms with Gasteiger partial charge in [-0.1, -0.05) is 44.2 Å². The molecule has 0 spiro atoms. The highest BCUT2D eigenvalue weighted by atomic mass is 16.4. The quantitative estimate of drug-likeness (QED) is 0.132. The molecule has 0 bridgehead atoms. The van der Waals surface area contributed by atoms with E-state index >= 15 is 0 Å². The molecule has 0 fully saturated rings. The molecule has 13 heteroatoms. The normalized spacial score (nSPS) is 14.1. The Morgan fingerprint density at radius 3 is 1.68 bits per heavy atom. The van der Waals surface area contributed by atoms with Gasteiger partial charge in [-0.25, -0.2) is 4.79 Å². The smallest absolute Gasteiger partial charge is 0.326 e. The van der Waals surface area contributed by atoms with E-state index in [-0.39, 0.29) is 32.1 Å². The van der Waals surface area contributed by atoms with Crippen molar-refractivity contribution in [1.82, 2.24) is 16.0 Å². The number of hydrogen-bond acceptors (Lipinski definition) is 7. The highest BCUT2D eigenvalue weighted by Crippen LogP contribution is 2.07. The Balaban J connectivity index is 3.02. The van der Waals surface area contributed by atoms with E-state index in [1.807, 2.05) is 6.07 Å². The van der Waals surface area contributed by atoms with Crippen LogP contribution in [-0.2, 0) is 35.2 Å². The molecule has 0 aliphatic rings. The van der Waals surface area contributed by atoms with Crippen LogP contribution in [0.5, 0.6) is 0 Å². The number of carbonyl (C=O) groups excluding carboxylic acids is 5. The fourth-order valence-electron chi connectivity index (χ4n) is 3.39. The molecule has 1 rings (SSSR count). The number of carbonyl (C=O) groups is 6. The molecular formula is C24H36N6O7. The molecule has 0 saturated heterocycles. The molecule has 1 aromatic carbocycles. The molecule has 0 saturated carbocycles. The van der Waals surface area contributed by atoms with E-state index in [2.05, 4.69) is 16.0 Å². The number of benzene rings is 1. The van der Waals surface area contributed by atoms with Gasteiger partial charge in [0.05, 0.1) is 6.04 Å². The summed E-state index contributed by atoms with van der Waals surface area (Å²) in [6.45, 7) is 3.17. The molecule has 5 amide bonds. The summed E-state index contributed by atoms with van der Waals surface area (Å²) in [5.41, 5.74) is 17.2. The van der Waals surface area contributed by atoms with Crippen LogP contribution in [0.2, 0.25) is 0 Å². The first kappa shape index (κ1) is 31.0. The van der Waals surface area contributed by atoms with Crippen LogP contribution in [0.25, 0.3) is 0 Å². The lowest BCUT2D eigenvalue weighted by Crippen LogP contribution is -2.58. The number of carboxylic acid groups (broad SMARTS) is 1. The Labute approximate surface area is 214 Å². The third-order valence-electron chi connectivity index (χ3n) is 5.49. The second-order valence-electron chi connectivity index (χ2n) is 9.00. The van der Waals surface area contributed by atoms with Gasteiger partial charge in [-0.3, -0.25) is 24.0 Å². The number of nitrogens with two attached hydrogens (primary N) is 3. The van der Waals surface area contributed by atoms with E-state index in [1.165, 1.54) is 0 Å². The topological polar surface area (TPSA) is 237 Å². The van der Waals surface area contributed by atoms with Gasteiger partial charge in [0.2, 0.25) is 29.5 Å². The van der Waals surface area contributed by atoms with E-state index in [0.717, 1.165) is 5.56 Å². The van der Waals surface area contributed by atoms with E-state index in [4.69, 9.17) is 17.2 Å². The summed E-state index contributed by atoms with van der Waals surface area (Å²) in [5.74, 6) is -5.57. The lowest BCUT2D eigenvalue weighted by Gasteiger charge is -2.26. The molecule has 0 aromatic heterocycles. The fourth-order valence-corrected chi connectivity index (χ4v) is 3.39. The Kier molecular flexibility index (Phi) is 12.7. The van der Waals surface area contributed by atoms with Gasteiger partial charge in [-0.15, -0.1) is 0 Å². The molecule has 4 unspecified atom stereocenters. The second kappa shape index (κ2) is 15.2. The van der Waals surface area contributed by atoms with Crippen LogP contribution in [0.15, 0.2) is 30.3 Å². The minimum absolute atomic E-state index is 0.182. The van der Waals surface area contributed by atoms with Crippen molar-refractivity contribution in [3.63, 3.8) is 0 Å². The third-order valence-corrected chi connectivity index (χ3v) is 5.49. The fraction of sp³-hybridized carbons (Fsp3) is 0.500. The van der Waals surface area contributed by atoms with Crippen LogP contribution in [0.4, 0.5) is 0 Å². The van der Waals surface area contributed by atoms with E-state index in [1.54, 1.807) is 38.1 Å². The minimum Gasteiger partial charge on any atom is -0.480 e. The Morgan fingerprint density at radius 1 is 0.784 bits per heavy atom. The number of amides is 5. The summed E-state index contributed by atoms with van der Waals surface area (Å²) in [6, 6.07) is 4.07. The highest BCUT2D eigenvalue weighted by Gasteiger charge is 2.31. The SMILES string of the molecule is CC(C)C(NC(=O)C(CCC(N)=O)NC(=O)C(CCC(N)=O)NC(=O)C(N)Cc1ccccc1)C(=O)O. The summed E-state index contributed by atoms with van der Waals surface area (Å²) in [4.78, 5) is 72.7. The molecule has 0 radical (unpaired) electrons. The van der Waals surface area contributed by atoms with Gasteiger partial charge in [0.15, 0.2) is 0 Å². The maximum absolute atomic E-state index is 13.1. The zero-order chi connectivity index (χ0) is 28.1. The summed E-state index contributed by atoms with van der Waals surface area (Å²) < 4.78 is 0. The van der Waals surface area contributed by atoms with Crippen LogP contribution in [0.1, 0.15) is 45.1 Å². The average molecular weight is 521 g/mol. The second-order valence-corrected chi connectivity index (χ2v) is 9.00. The zero-order valence-electron chi connectivity index (χ0n) is 20.9. The molecule has 204 valence electrons. The first-order valence-electron chi connectivity index (χ1n) is 11.8. The van der Waals surface area contributed by atoms with Crippen molar-refractivity contribution in [1.29, 1.82) is 0 Å². The van der Waals surface area contributed by atoms with Crippen molar-refractivity contribution in [2.24, 2.45) is 23.1 Å². The van der Waals surface area contributed by atoms with Crippen molar-refractivity contribution in [2.75, 3.05) is 0 Å². The van der Waals surface area contributed by atoms with E-state index < -0.39 is 65.6 Å². The summed E-state index contributed by atoms with van der Waals surface area (Å²) in [5, 5.41) is 16.6. The zero-order valence-corrected chi connectivity index (χ0v) is 20.9. The standard InChI is InChI=1S/C24H36N6O7/c1-13(2)20(24(36)37)30-23(35)17(9-11-19(27)32)29-22(34)16(8-10-18(26)31)28-21(33)15(25)12-14-6-4-3-5-7-14/h3-7,13,15-17,20H,8-12,25H2,1-2H3,(H2,26,31)(H2,27,32)(H,28,33)(H,29,34)(H,30,35)(H,36,37). The largest absolute Gasteiger partial charge is 0.480 e. The van der Waals surface area contributed by atoms with Crippen LogP contribution in [-0.4, -0.2) is 64.8 Å². The number of aliphatic carboxylic acids is 1. The molecule has 0 aliphatic heterocycles. The highest BCUT2D eigenvalue weighted by molar-refractivity contribution is 5.94. The van der Waals surface area contributed by atoms with Crippen molar-refractivity contribution >= 4 is 35.5 Å². The first-order valence-corrected chi connectivity index (χ1v) is 11.8.